The molecule has 0 radical (unpaired) electrons. The number of nitrogens with zero attached hydrogens (tertiary/aromatic N) is 1. The van der Waals surface area contributed by atoms with Gasteiger partial charge >= 0.3 is 12.0 Å². The van der Waals surface area contributed by atoms with Gasteiger partial charge in [0.25, 0.3) is 0 Å². The molecular formula is C12H22N2O4. The highest BCUT2D eigenvalue weighted by atomic mass is 16.5. The number of amides is 2. The fraction of sp³-hybridized carbons (Fsp3) is 0.833. The fourth-order valence-corrected chi connectivity index (χ4v) is 2.32. The molecule has 6 nitrogen and oxygen atoms in total. The monoisotopic (exact) mass is 258 g/mol. The number of ether oxygens (including phenoxy) is 1. The van der Waals surface area contributed by atoms with Crippen LogP contribution in [0.3, 0.4) is 0 Å². The Hall–Kier alpha value is -1.30. The molecule has 18 heavy (non-hydrogen) atoms. The lowest BCUT2D eigenvalue weighted by atomic mass is 10.2. The molecule has 1 aliphatic heterocycles. The van der Waals surface area contributed by atoms with E-state index in [-0.39, 0.29) is 25.3 Å². The number of likely N-dealkylation sites (tertiary alicyclic amines) is 1. The first kappa shape index (κ1) is 14.8. The largest absolute Gasteiger partial charge is 0.480 e. The van der Waals surface area contributed by atoms with Crippen molar-refractivity contribution in [2.45, 2.75) is 45.2 Å². The second kappa shape index (κ2) is 7.20. The molecule has 2 unspecified atom stereocenters. The molecule has 1 saturated heterocycles. The molecule has 0 aliphatic carbocycles. The SMILES string of the molecule is CCC1CCC(C)N1C(=O)NCCOCC(=O)O. The van der Waals surface area contributed by atoms with Crippen molar-refractivity contribution in [1.82, 2.24) is 10.2 Å². The van der Waals surface area contributed by atoms with E-state index in [0.717, 1.165) is 19.3 Å². The Labute approximate surface area is 107 Å². The minimum absolute atomic E-state index is 0.0780. The number of nitrogens with one attached hydrogen (secondary N) is 1. The maximum Gasteiger partial charge on any atom is 0.329 e. The zero-order valence-electron chi connectivity index (χ0n) is 11.0. The van der Waals surface area contributed by atoms with Crippen LogP contribution in [0, 0.1) is 0 Å². The molecule has 1 heterocycles. The third kappa shape index (κ3) is 4.18. The molecule has 0 aromatic heterocycles. The van der Waals surface area contributed by atoms with Crippen LogP contribution in [0.5, 0.6) is 0 Å². The molecule has 104 valence electrons. The van der Waals surface area contributed by atoms with E-state index in [0.29, 0.717) is 12.6 Å². The van der Waals surface area contributed by atoms with E-state index in [2.05, 4.69) is 19.2 Å². The summed E-state index contributed by atoms with van der Waals surface area (Å²) in [5.74, 6) is -1.000. The summed E-state index contributed by atoms with van der Waals surface area (Å²) in [7, 11) is 0. The van der Waals surface area contributed by atoms with Crippen LogP contribution in [-0.2, 0) is 9.53 Å². The normalized spacial score (nSPS) is 23.1. The Kier molecular flexibility index (Phi) is 5.91. The number of urea groups is 1. The van der Waals surface area contributed by atoms with E-state index >= 15 is 0 Å². The Bertz CT molecular complexity index is 296. The zero-order valence-corrected chi connectivity index (χ0v) is 11.0. The molecule has 0 spiro atoms. The molecule has 0 aromatic rings. The van der Waals surface area contributed by atoms with Crippen molar-refractivity contribution >= 4 is 12.0 Å². The fourth-order valence-electron chi connectivity index (χ4n) is 2.32. The minimum atomic E-state index is -1.000. The zero-order chi connectivity index (χ0) is 13.5. The molecule has 1 rings (SSSR count). The van der Waals surface area contributed by atoms with Crippen LogP contribution in [0.2, 0.25) is 0 Å². The number of carbonyl (C=O) groups is 2. The van der Waals surface area contributed by atoms with Crippen LogP contribution in [0.1, 0.15) is 33.1 Å². The van der Waals surface area contributed by atoms with Crippen molar-refractivity contribution in [1.29, 1.82) is 0 Å². The Balaban J connectivity index is 2.25. The van der Waals surface area contributed by atoms with Crippen LogP contribution in [0.4, 0.5) is 4.79 Å². The van der Waals surface area contributed by atoms with Gasteiger partial charge in [0, 0.05) is 18.6 Å². The van der Waals surface area contributed by atoms with Crippen molar-refractivity contribution < 1.29 is 19.4 Å². The molecular weight excluding hydrogens is 236 g/mol. The van der Waals surface area contributed by atoms with E-state index in [4.69, 9.17) is 9.84 Å². The average molecular weight is 258 g/mol. The molecule has 1 aliphatic rings. The van der Waals surface area contributed by atoms with Gasteiger partial charge in [-0.05, 0) is 26.2 Å². The van der Waals surface area contributed by atoms with E-state index in [1.807, 2.05) is 4.90 Å². The quantitative estimate of drug-likeness (QED) is 0.698. The molecule has 0 bridgehead atoms. The van der Waals surface area contributed by atoms with Crippen LogP contribution in [0.15, 0.2) is 0 Å². The summed E-state index contributed by atoms with van der Waals surface area (Å²) in [5.41, 5.74) is 0. The van der Waals surface area contributed by atoms with Gasteiger partial charge in [-0.1, -0.05) is 6.92 Å². The molecule has 0 saturated carbocycles. The van der Waals surface area contributed by atoms with E-state index in [1.54, 1.807) is 0 Å². The number of carboxylic acid groups (broad SMARTS) is 1. The van der Waals surface area contributed by atoms with Gasteiger partial charge in [0.2, 0.25) is 0 Å². The summed E-state index contributed by atoms with van der Waals surface area (Å²) in [6, 6.07) is 0.514. The summed E-state index contributed by atoms with van der Waals surface area (Å²) in [5, 5.41) is 11.1. The van der Waals surface area contributed by atoms with Crippen LogP contribution in [0.25, 0.3) is 0 Å². The van der Waals surface area contributed by atoms with Crippen molar-refractivity contribution in [3.8, 4) is 0 Å². The number of carbonyl (C=O) groups excluding carboxylic acids is 1. The van der Waals surface area contributed by atoms with Gasteiger partial charge in [-0.2, -0.15) is 0 Å². The summed E-state index contributed by atoms with van der Waals surface area (Å²) >= 11 is 0. The van der Waals surface area contributed by atoms with Crippen LogP contribution in [-0.4, -0.2) is 53.8 Å². The molecule has 2 N–H and O–H groups in total. The first-order valence-corrected chi connectivity index (χ1v) is 6.42. The smallest absolute Gasteiger partial charge is 0.329 e. The average Bonchev–Trinajstić information content (AvgIpc) is 2.69. The van der Waals surface area contributed by atoms with E-state index in [1.165, 1.54) is 0 Å². The highest BCUT2D eigenvalue weighted by Crippen LogP contribution is 2.25. The van der Waals surface area contributed by atoms with Crippen molar-refractivity contribution in [3.05, 3.63) is 0 Å². The Morgan fingerprint density at radius 2 is 2.17 bits per heavy atom. The lowest BCUT2D eigenvalue weighted by molar-refractivity contribution is -0.142. The van der Waals surface area contributed by atoms with Crippen molar-refractivity contribution in [3.63, 3.8) is 0 Å². The number of aliphatic carboxylic acids is 1. The lowest BCUT2D eigenvalue weighted by Gasteiger charge is -2.28. The molecule has 2 atom stereocenters. The van der Waals surface area contributed by atoms with Crippen molar-refractivity contribution in [2.75, 3.05) is 19.8 Å². The number of rotatable bonds is 6. The second-order valence-corrected chi connectivity index (χ2v) is 4.57. The van der Waals surface area contributed by atoms with Crippen LogP contribution >= 0.6 is 0 Å². The second-order valence-electron chi connectivity index (χ2n) is 4.57. The topological polar surface area (TPSA) is 78.9 Å². The van der Waals surface area contributed by atoms with Crippen molar-refractivity contribution in [2.24, 2.45) is 0 Å². The number of carboxylic acids is 1. The standard InChI is InChI=1S/C12H22N2O4/c1-3-10-5-4-9(2)14(10)12(17)13-6-7-18-8-11(15)16/h9-10H,3-8H2,1-2H3,(H,13,17)(H,15,16). The summed E-state index contributed by atoms with van der Waals surface area (Å²) in [4.78, 5) is 24.1. The van der Waals surface area contributed by atoms with Gasteiger partial charge < -0.3 is 20.1 Å². The van der Waals surface area contributed by atoms with Gasteiger partial charge in [-0.15, -0.1) is 0 Å². The number of hydrogen-bond donors (Lipinski definition) is 2. The predicted octanol–water partition coefficient (Wildman–Crippen LogP) is 1.06. The first-order valence-electron chi connectivity index (χ1n) is 6.42. The van der Waals surface area contributed by atoms with Gasteiger partial charge in [0.15, 0.2) is 0 Å². The molecule has 2 amide bonds. The Morgan fingerprint density at radius 1 is 1.44 bits per heavy atom. The molecule has 1 fully saturated rings. The van der Waals surface area contributed by atoms with Crippen LogP contribution < -0.4 is 5.32 Å². The van der Waals surface area contributed by atoms with Gasteiger partial charge in [0.05, 0.1) is 6.61 Å². The first-order chi connectivity index (χ1) is 8.56. The molecule has 0 aromatic carbocycles. The summed E-state index contributed by atoms with van der Waals surface area (Å²) in [6.45, 7) is 4.37. The molecule has 6 heteroatoms. The van der Waals surface area contributed by atoms with Gasteiger partial charge in [-0.3, -0.25) is 0 Å². The highest BCUT2D eigenvalue weighted by molar-refractivity contribution is 5.75. The summed E-state index contributed by atoms with van der Waals surface area (Å²) in [6.07, 6.45) is 3.06. The van der Waals surface area contributed by atoms with E-state index < -0.39 is 5.97 Å². The highest BCUT2D eigenvalue weighted by Gasteiger charge is 2.32. The van der Waals surface area contributed by atoms with Gasteiger partial charge in [-0.25, -0.2) is 9.59 Å². The maximum absolute atomic E-state index is 12.0. The number of hydrogen-bond acceptors (Lipinski definition) is 3. The minimum Gasteiger partial charge on any atom is -0.480 e. The maximum atomic E-state index is 12.0. The third-order valence-electron chi connectivity index (χ3n) is 3.24. The lowest BCUT2D eigenvalue weighted by Crippen LogP contribution is -2.46. The predicted molar refractivity (Wildman–Crippen MR) is 66.5 cm³/mol. The third-order valence-corrected chi connectivity index (χ3v) is 3.24. The Morgan fingerprint density at radius 3 is 2.78 bits per heavy atom. The summed E-state index contributed by atoms with van der Waals surface area (Å²) < 4.78 is 4.86. The van der Waals surface area contributed by atoms with E-state index in [9.17, 15) is 9.59 Å². The van der Waals surface area contributed by atoms with Gasteiger partial charge in [0.1, 0.15) is 6.61 Å².